The third kappa shape index (κ3) is 4.36. The van der Waals surface area contributed by atoms with Gasteiger partial charge >= 0.3 is 0 Å². The quantitative estimate of drug-likeness (QED) is 0.366. The summed E-state index contributed by atoms with van der Waals surface area (Å²) in [5.74, 6) is 0. The van der Waals surface area contributed by atoms with Gasteiger partial charge in [0.1, 0.15) is 0 Å². The number of nitrogens with one attached hydrogen (secondary N) is 2. The monoisotopic (exact) mass is 384 g/mol. The molecule has 3 heteroatoms. The molecule has 0 aliphatic heterocycles. The number of aryl methyl sites for hydroxylation is 1. The summed E-state index contributed by atoms with van der Waals surface area (Å²) in [7, 11) is 0. The second kappa shape index (κ2) is 8.20. The second-order valence-corrected chi connectivity index (χ2v) is 7.19. The zero-order valence-electron chi connectivity index (χ0n) is 15.6. The number of anilines is 4. The molecule has 0 aliphatic carbocycles. The summed E-state index contributed by atoms with van der Waals surface area (Å²) >= 11 is 6.15. The van der Waals surface area contributed by atoms with Crippen molar-refractivity contribution in [1.29, 1.82) is 0 Å². The lowest BCUT2D eigenvalue weighted by Crippen LogP contribution is -1.96. The minimum atomic E-state index is 0.712. The molecule has 0 unspecified atom stereocenters. The molecule has 28 heavy (non-hydrogen) atoms. The number of hydrogen-bond acceptors (Lipinski definition) is 2. The summed E-state index contributed by atoms with van der Waals surface area (Å²) in [6, 6.07) is 32.9. The van der Waals surface area contributed by atoms with Crippen molar-refractivity contribution in [1.82, 2.24) is 0 Å². The van der Waals surface area contributed by atoms with Gasteiger partial charge in [-0.25, -0.2) is 0 Å². The number of halogens is 1. The summed E-state index contributed by atoms with van der Waals surface area (Å²) in [6.45, 7) is 2.10. The summed E-state index contributed by atoms with van der Waals surface area (Å²) < 4.78 is 0. The Bertz CT molecular complexity index is 1070. The fraction of sp³-hybridized carbons (Fsp3) is 0.0400. The highest BCUT2D eigenvalue weighted by Gasteiger charge is 2.08. The third-order valence-electron chi connectivity index (χ3n) is 4.55. The van der Waals surface area contributed by atoms with E-state index in [2.05, 4.69) is 72.2 Å². The van der Waals surface area contributed by atoms with Crippen molar-refractivity contribution in [3.8, 4) is 11.1 Å². The topological polar surface area (TPSA) is 24.1 Å². The van der Waals surface area contributed by atoms with Crippen molar-refractivity contribution >= 4 is 34.4 Å². The maximum Gasteiger partial charge on any atom is 0.0465 e. The number of benzene rings is 4. The lowest BCUT2D eigenvalue weighted by Gasteiger charge is -2.16. The van der Waals surface area contributed by atoms with Gasteiger partial charge in [-0.15, -0.1) is 0 Å². The van der Waals surface area contributed by atoms with Crippen LogP contribution in [-0.2, 0) is 0 Å². The molecular formula is C25H21ClN2. The van der Waals surface area contributed by atoms with Crippen LogP contribution in [0.15, 0.2) is 97.1 Å². The van der Waals surface area contributed by atoms with E-state index in [0.717, 1.165) is 33.9 Å². The van der Waals surface area contributed by atoms with Crippen LogP contribution in [0.2, 0.25) is 5.02 Å². The molecule has 0 atom stereocenters. The lowest BCUT2D eigenvalue weighted by atomic mass is 10.0. The maximum absolute atomic E-state index is 6.15. The second-order valence-electron chi connectivity index (χ2n) is 6.75. The fourth-order valence-corrected chi connectivity index (χ4v) is 3.30. The Kier molecular flexibility index (Phi) is 5.31. The molecule has 2 N–H and O–H groups in total. The van der Waals surface area contributed by atoms with Crippen LogP contribution in [-0.4, -0.2) is 0 Å². The van der Waals surface area contributed by atoms with Gasteiger partial charge in [0.25, 0.3) is 0 Å². The zero-order chi connectivity index (χ0) is 19.3. The Hall–Kier alpha value is -3.23. The van der Waals surface area contributed by atoms with Crippen LogP contribution in [0.4, 0.5) is 22.7 Å². The minimum Gasteiger partial charge on any atom is -0.356 e. The van der Waals surface area contributed by atoms with Crippen molar-refractivity contribution in [2.24, 2.45) is 0 Å². The van der Waals surface area contributed by atoms with E-state index in [0.29, 0.717) is 5.02 Å². The van der Waals surface area contributed by atoms with Gasteiger partial charge in [0.05, 0.1) is 0 Å². The standard InChI is InChI=1S/C25H21ClN2/c1-18-10-12-19(13-11-18)24-17-23(27-21-7-3-2-4-8-21)14-15-25(24)28-22-9-5-6-20(26)16-22/h2-17,27-28H,1H3. The van der Waals surface area contributed by atoms with Crippen molar-refractivity contribution in [2.75, 3.05) is 10.6 Å². The molecule has 0 saturated heterocycles. The Balaban J connectivity index is 1.73. The molecule has 4 aromatic rings. The molecule has 0 amide bonds. The van der Waals surface area contributed by atoms with E-state index in [1.807, 2.05) is 42.5 Å². The third-order valence-corrected chi connectivity index (χ3v) is 4.78. The molecule has 2 nitrogen and oxygen atoms in total. The summed E-state index contributed by atoms with van der Waals surface area (Å²) in [6.07, 6.45) is 0. The van der Waals surface area contributed by atoms with Crippen LogP contribution >= 0.6 is 11.6 Å². The molecule has 0 aliphatic rings. The fourth-order valence-electron chi connectivity index (χ4n) is 3.11. The van der Waals surface area contributed by atoms with Gasteiger partial charge in [-0.05, 0) is 61.0 Å². The Labute approximate surface area is 170 Å². The Morgan fingerprint density at radius 3 is 2.07 bits per heavy atom. The minimum absolute atomic E-state index is 0.712. The van der Waals surface area contributed by atoms with Gasteiger partial charge in [-0.1, -0.05) is 65.7 Å². The summed E-state index contributed by atoms with van der Waals surface area (Å²) in [5.41, 5.74) is 7.63. The van der Waals surface area contributed by atoms with E-state index in [9.17, 15) is 0 Å². The van der Waals surface area contributed by atoms with Crippen molar-refractivity contribution < 1.29 is 0 Å². The van der Waals surface area contributed by atoms with Gasteiger partial charge in [-0.3, -0.25) is 0 Å². The zero-order valence-corrected chi connectivity index (χ0v) is 16.4. The van der Waals surface area contributed by atoms with Crippen LogP contribution in [0, 0.1) is 6.92 Å². The highest BCUT2D eigenvalue weighted by Crippen LogP contribution is 2.34. The predicted octanol–water partition coefficient (Wildman–Crippen LogP) is 7.80. The average Bonchev–Trinajstić information content (AvgIpc) is 2.71. The highest BCUT2D eigenvalue weighted by molar-refractivity contribution is 6.30. The molecule has 4 aromatic carbocycles. The van der Waals surface area contributed by atoms with Crippen LogP contribution in [0.25, 0.3) is 11.1 Å². The molecule has 0 saturated carbocycles. The van der Waals surface area contributed by atoms with E-state index in [4.69, 9.17) is 11.6 Å². The predicted molar refractivity (Wildman–Crippen MR) is 121 cm³/mol. The molecule has 138 valence electrons. The molecule has 0 bridgehead atoms. The molecule has 0 aromatic heterocycles. The van der Waals surface area contributed by atoms with Crippen molar-refractivity contribution in [2.45, 2.75) is 6.92 Å². The number of hydrogen-bond donors (Lipinski definition) is 2. The van der Waals surface area contributed by atoms with Crippen LogP contribution in [0.3, 0.4) is 0 Å². The molecular weight excluding hydrogens is 364 g/mol. The van der Waals surface area contributed by atoms with Crippen LogP contribution in [0.1, 0.15) is 5.56 Å². The summed E-state index contributed by atoms with van der Waals surface area (Å²) in [5, 5.41) is 7.69. The van der Waals surface area contributed by atoms with Crippen molar-refractivity contribution in [3.05, 3.63) is 108 Å². The molecule has 0 spiro atoms. The molecule has 4 rings (SSSR count). The lowest BCUT2D eigenvalue weighted by molar-refractivity contribution is 1.46. The largest absolute Gasteiger partial charge is 0.356 e. The molecule has 0 radical (unpaired) electrons. The first-order chi connectivity index (χ1) is 13.7. The first-order valence-corrected chi connectivity index (χ1v) is 9.61. The van der Waals surface area contributed by atoms with Gasteiger partial charge in [0, 0.05) is 33.3 Å². The van der Waals surface area contributed by atoms with Crippen molar-refractivity contribution in [3.63, 3.8) is 0 Å². The Morgan fingerprint density at radius 2 is 1.32 bits per heavy atom. The van der Waals surface area contributed by atoms with E-state index in [1.165, 1.54) is 5.56 Å². The normalized spacial score (nSPS) is 10.5. The van der Waals surface area contributed by atoms with Crippen LogP contribution < -0.4 is 10.6 Å². The average molecular weight is 385 g/mol. The van der Waals surface area contributed by atoms with E-state index >= 15 is 0 Å². The first kappa shape index (κ1) is 18.1. The van der Waals surface area contributed by atoms with Gasteiger partial charge in [0.15, 0.2) is 0 Å². The Morgan fingerprint density at radius 1 is 0.607 bits per heavy atom. The SMILES string of the molecule is Cc1ccc(-c2cc(Nc3ccccc3)ccc2Nc2cccc(Cl)c2)cc1. The van der Waals surface area contributed by atoms with Gasteiger partial charge in [0.2, 0.25) is 0 Å². The van der Waals surface area contributed by atoms with Gasteiger partial charge in [-0.2, -0.15) is 0 Å². The van der Waals surface area contributed by atoms with E-state index in [1.54, 1.807) is 0 Å². The first-order valence-electron chi connectivity index (χ1n) is 9.23. The maximum atomic E-state index is 6.15. The molecule has 0 heterocycles. The highest BCUT2D eigenvalue weighted by atomic mass is 35.5. The molecule has 0 fully saturated rings. The summed E-state index contributed by atoms with van der Waals surface area (Å²) in [4.78, 5) is 0. The van der Waals surface area contributed by atoms with E-state index in [-0.39, 0.29) is 0 Å². The smallest absolute Gasteiger partial charge is 0.0465 e. The number of para-hydroxylation sites is 1. The van der Waals surface area contributed by atoms with Crippen LogP contribution in [0.5, 0.6) is 0 Å². The van der Waals surface area contributed by atoms with E-state index < -0.39 is 0 Å². The van der Waals surface area contributed by atoms with Gasteiger partial charge < -0.3 is 10.6 Å². The number of rotatable bonds is 5.